The first kappa shape index (κ1) is 13.7. The van der Waals surface area contributed by atoms with Crippen LogP contribution in [0.3, 0.4) is 0 Å². The highest BCUT2D eigenvalue weighted by atomic mass is 35.5. The number of benzene rings is 1. The van der Waals surface area contributed by atoms with Crippen molar-refractivity contribution in [3.8, 4) is 17.0 Å². The van der Waals surface area contributed by atoms with Crippen LogP contribution in [0.5, 0.6) is 5.75 Å². The minimum atomic E-state index is 0.406. The van der Waals surface area contributed by atoms with Crippen molar-refractivity contribution >= 4 is 23.5 Å². The van der Waals surface area contributed by atoms with Crippen LogP contribution in [-0.2, 0) is 0 Å². The van der Waals surface area contributed by atoms with E-state index in [-0.39, 0.29) is 0 Å². The van der Waals surface area contributed by atoms with E-state index in [0.717, 1.165) is 16.2 Å². The molecule has 0 aliphatic heterocycles. The molecule has 4 nitrogen and oxygen atoms in total. The van der Waals surface area contributed by atoms with Crippen LogP contribution in [0.4, 0.5) is 0 Å². The monoisotopic (exact) mass is 307 g/mol. The van der Waals surface area contributed by atoms with Crippen molar-refractivity contribution in [2.45, 2.75) is 23.8 Å². The fraction of sp³-hybridized carbons (Fsp3) is 0.286. The second-order valence-corrected chi connectivity index (χ2v) is 5.79. The van der Waals surface area contributed by atoms with Crippen molar-refractivity contribution in [3.63, 3.8) is 0 Å². The zero-order chi connectivity index (χ0) is 13.9. The molecule has 0 radical (unpaired) electrons. The van der Waals surface area contributed by atoms with Gasteiger partial charge in [-0.15, -0.1) is 0 Å². The number of methoxy groups -OCH3 is 1. The Labute approximate surface area is 127 Å². The summed E-state index contributed by atoms with van der Waals surface area (Å²) >= 11 is 7.69. The Balaban J connectivity index is 1.91. The van der Waals surface area contributed by atoms with Gasteiger partial charge in [-0.1, -0.05) is 11.6 Å². The minimum absolute atomic E-state index is 0.406. The molecule has 1 heterocycles. The summed E-state index contributed by atoms with van der Waals surface area (Å²) in [5, 5.41) is 0.406. The van der Waals surface area contributed by atoms with Crippen molar-refractivity contribution in [2.75, 3.05) is 7.11 Å². The van der Waals surface area contributed by atoms with E-state index in [1.165, 1.54) is 12.8 Å². The zero-order valence-electron chi connectivity index (χ0n) is 11.0. The number of aromatic nitrogens is 2. The standard InChI is InChI=1S/C14H14ClN3OS/c1-19-11-5-2-9(13-14(15)17-7-6-16-13)8-12(11)20-18-10-3-4-10/h2,5-8,10,18H,3-4H2,1H3. The number of halogens is 1. The molecule has 0 amide bonds. The third kappa shape index (κ3) is 3.06. The molecular weight excluding hydrogens is 294 g/mol. The predicted octanol–water partition coefficient (Wildman–Crippen LogP) is 3.56. The molecule has 104 valence electrons. The second-order valence-electron chi connectivity index (χ2n) is 4.56. The number of nitrogens with zero attached hydrogens (tertiary/aromatic N) is 2. The summed E-state index contributed by atoms with van der Waals surface area (Å²) in [5.41, 5.74) is 1.62. The number of rotatable bonds is 5. The molecule has 1 N–H and O–H groups in total. The lowest BCUT2D eigenvalue weighted by molar-refractivity contribution is 0.405. The Morgan fingerprint density at radius 2 is 2.10 bits per heavy atom. The van der Waals surface area contributed by atoms with Crippen molar-refractivity contribution in [3.05, 3.63) is 35.7 Å². The molecule has 2 aromatic rings. The molecule has 1 aromatic heterocycles. The van der Waals surface area contributed by atoms with Gasteiger partial charge in [0.15, 0.2) is 5.15 Å². The van der Waals surface area contributed by atoms with Gasteiger partial charge in [-0.3, -0.25) is 9.71 Å². The fourth-order valence-corrected chi connectivity index (χ4v) is 2.95. The van der Waals surface area contributed by atoms with Gasteiger partial charge in [0.25, 0.3) is 0 Å². The molecule has 1 aliphatic carbocycles. The lowest BCUT2D eigenvalue weighted by atomic mass is 10.1. The summed E-state index contributed by atoms with van der Waals surface area (Å²) < 4.78 is 8.80. The number of nitrogens with one attached hydrogen (secondary N) is 1. The van der Waals surface area contributed by atoms with Gasteiger partial charge in [0.05, 0.1) is 12.0 Å². The van der Waals surface area contributed by atoms with E-state index in [4.69, 9.17) is 16.3 Å². The van der Waals surface area contributed by atoms with Crippen LogP contribution in [0.2, 0.25) is 5.15 Å². The first-order valence-corrected chi connectivity index (χ1v) is 7.54. The van der Waals surface area contributed by atoms with Crippen LogP contribution >= 0.6 is 23.5 Å². The lowest BCUT2D eigenvalue weighted by Crippen LogP contribution is -2.05. The van der Waals surface area contributed by atoms with Crippen molar-refractivity contribution in [1.29, 1.82) is 0 Å². The summed E-state index contributed by atoms with van der Waals surface area (Å²) in [6, 6.07) is 6.51. The summed E-state index contributed by atoms with van der Waals surface area (Å²) in [5.74, 6) is 0.840. The fourth-order valence-electron chi connectivity index (χ4n) is 1.77. The van der Waals surface area contributed by atoms with Crippen LogP contribution in [0.1, 0.15) is 12.8 Å². The third-order valence-electron chi connectivity index (χ3n) is 3.00. The van der Waals surface area contributed by atoms with Gasteiger partial charge in [-0.25, -0.2) is 4.98 Å². The molecule has 1 fully saturated rings. The second kappa shape index (κ2) is 5.99. The van der Waals surface area contributed by atoms with Gasteiger partial charge < -0.3 is 4.74 Å². The molecular formula is C14H14ClN3OS. The maximum absolute atomic E-state index is 6.10. The largest absolute Gasteiger partial charge is 0.496 e. The number of hydrogen-bond donors (Lipinski definition) is 1. The SMILES string of the molecule is COc1ccc(-c2nccnc2Cl)cc1SNC1CC1. The predicted molar refractivity (Wildman–Crippen MR) is 81.0 cm³/mol. The van der Waals surface area contributed by atoms with Crippen LogP contribution in [0.15, 0.2) is 35.5 Å². The summed E-state index contributed by atoms with van der Waals surface area (Å²) in [7, 11) is 1.67. The molecule has 20 heavy (non-hydrogen) atoms. The lowest BCUT2D eigenvalue weighted by Gasteiger charge is -2.11. The van der Waals surface area contributed by atoms with E-state index in [0.29, 0.717) is 16.9 Å². The number of hydrogen-bond acceptors (Lipinski definition) is 5. The molecule has 1 aromatic carbocycles. The van der Waals surface area contributed by atoms with Crippen LogP contribution in [-0.4, -0.2) is 23.1 Å². The van der Waals surface area contributed by atoms with Gasteiger partial charge in [0.1, 0.15) is 11.4 Å². The van der Waals surface area contributed by atoms with Gasteiger partial charge >= 0.3 is 0 Å². The topological polar surface area (TPSA) is 47.0 Å². The van der Waals surface area contributed by atoms with Gasteiger partial charge in [0.2, 0.25) is 0 Å². The summed E-state index contributed by atoms with van der Waals surface area (Å²) in [6.45, 7) is 0. The van der Waals surface area contributed by atoms with Crippen LogP contribution in [0, 0.1) is 0 Å². The maximum atomic E-state index is 6.10. The Morgan fingerprint density at radius 3 is 2.80 bits per heavy atom. The normalized spacial score (nSPS) is 14.3. The summed E-state index contributed by atoms with van der Waals surface area (Å²) in [4.78, 5) is 9.38. The van der Waals surface area contributed by atoms with Crippen molar-refractivity contribution in [1.82, 2.24) is 14.7 Å². The van der Waals surface area contributed by atoms with Crippen molar-refractivity contribution < 1.29 is 4.74 Å². The quantitative estimate of drug-likeness (QED) is 0.856. The van der Waals surface area contributed by atoms with E-state index in [2.05, 4.69) is 14.7 Å². The molecule has 0 bridgehead atoms. The van der Waals surface area contributed by atoms with Gasteiger partial charge in [-0.2, -0.15) is 0 Å². The van der Waals surface area contributed by atoms with E-state index >= 15 is 0 Å². The molecule has 0 spiro atoms. The maximum Gasteiger partial charge on any atom is 0.155 e. The molecule has 6 heteroatoms. The smallest absolute Gasteiger partial charge is 0.155 e. The Bertz CT molecular complexity index is 619. The molecule has 0 saturated heterocycles. The number of ether oxygens (including phenoxy) is 1. The van der Waals surface area contributed by atoms with Gasteiger partial charge in [-0.05, 0) is 43.0 Å². The zero-order valence-corrected chi connectivity index (χ0v) is 12.5. The first-order chi connectivity index (χ1) is 9.78. The average molecular weight is 308 g/mol. The highest BCUT2D eigenvalue weighted by Gasteiger charge is 2.21. The highest BCUT2D eigenvalue weighted by Crippen LogP contribution is 2.35. The first-order valence-electron chi connectivity index (χ1n) is 6.35. The van der Waals surface area contributed by atoms with Crippen LogP contribution < -0.4 is 9.46 Å². The van der Waals surface area contributed by atoms with Crippen LogP contribution in [0.25, 0.3) is 11.3 Å². The third-order valence-corrected chi connectivity index (χ3v) is 4.27. The van der Waals surface area contributed by atoms with Crippen molar-refractivity contribution in [2.24, 2.45) is 0 Å². The molecule has 1 saturated carbocycles. The summed E-state index contributed by atoms with van der Waals surface area (Å²) in [6.07, 6.45) is 5.70. The Kier molecular flexibility index (Phi) is 4.10. The Morgan fingerprint density at radius 1 is 1.30 bits per heavy atom. The molecule has 0 unspecified atom stereocenters. The highest BCUT2D eigenvalue weighted by molar-refractivity contribution is 7.97. The average Bonchev–Trinajstić information content (AvgIpc) is 3.29. The van der Waals surface area contributed by atoms with Gasteiger partial charge in [0, 0.05) is 24.0 Å². The van der Waals surface area contributed by atoms with E-state index in [9.17, 15) is 0 Å². The molecule has 3 rings (SSSR count). The minimum Gasteiger partial charge on any atom is -0.496 e. The van der Waals surface area contributed by atoms with E-state index in [1.54, 1.807) is 31.5 Å². The van der Waals surface area contributed by atoms with E-state index in [1.807, 2.05) is 18.2 Å². The molecule has 0 atom stereocenters. The Hall–Kier alpha value is -1.30. The van der Waals surface area contributed by atoms with E-state index < -0.39 is 0 Å². The molecule has 1 aliphatic rings.